The molecule has 0 bridgehead atoms. The lowest BCUT2D eigenvalue weighted by Crippen LogP contribution is -2.15. The average molecular weight is 226 g/mol. The first kappa shape index (κ1) is 11.8. The Morgan fingerprint density at radius 1 is 0.941 bits per heavy atom. The molecule has 0 aliphatic carbocycles. The molecule has 0 radical (unpaired) electrons. The van der Waals surface area contributed by atoms with Gasteiger partial charge in [0.05, 0.1) is 0 Å². The molecule has 0 spiro atoms. The van der Waals surface area contributed by atoms with Crippen LogP contribution in [0.5, 0.6) is 0 Å². The third-order valence-electron chi connectivity index (χ3n) is 3.27. The van der Waals surface area contributed by atoms with Crippen molar-refractivity contribution in [3.05, 3.63) is 48.0 Å². The molecule has 0 aromatic heterocycles. The molecule has 2 rings (SSSR count). The van der Waals surface area contributed by atoms with E-state index in [1.807, 2.05) is 32.9 Å². The minimum Gasteiger partial charge on any atom is -0.299 e. The molecule has 88 valence electrons. The van der Waals surface area contributed by atoms with Gasteiger partial charge >= 0.3 is 0 Å². The van der Waals surface area contributed by atoms with E-state index in [4.69, 9.17) is 0 Å². The first-order chi connectivity index (χ1) is 8.09. The van der Waals surface area contributed by atoms with Crippen molar-refractivity contribution >= 4 is 16.6 Å². The molecule has 0 fully saturated rings. The van der Waals surface area contributed by atoms with Gasteiger partial charge in [0.1, 0.15) is 5.78 Å². The standard InChI is InChI=1S/C16H18O/c1-11(2)16(17)12(3)14-9-8-13-6-4-5-7-15(13)10-14/h4-12H,1-3H3. The van der Waals surface area contributed by atoms with Crippen molar-refractivity contribution in [2.24, 2.45) is 5.92 Å². The van der Waals surface area contributed by atoms with Crippen LogP contribution in [-0.2, 0) is 4.79 Å². The number of fused-ring (bicyclic) bond motifs is 1. The fourth-order valence-electron chi connectivity index (χ4n) is 2.14. The minimum atomic E-state index is -0.0143. The number of Topliss-reactive ketones (excluding diaryl/α,β-unsaturated/α-hetero) is 1. The van der Waals surface area contributed by atoms with Crippen LogP contribution in [0.25, 0.3) is 10.8 Å². The molecule has 17 heavy (non-hydrogen) atoms. The monoisotopic (exact) mass is 226 g/mol. The van der Waals surface area contributed by atoms with Gasteiger partial charge in [-0.3, -0.25) is 4.79 Å². The van der Waals surface area contributed by atoms with Crippen LogP contribution < -0.4 is 0 Å². The summed E-state index contributed by atoms with van der Waals surface area (Å²) in [4.78, 5) is 12.0. The van der Waals surface area contributed by atoms with Crippen molar-refractivity contribution in [3.8, 4) is 0 Å². The number of benzene rings is 2. The molecule has 0 aliphatic heterocycles. The van der Waals surface area contributed by atoms with Gasteiger partial charge in [0.15, 0.2) is 0 Å². The van der Waals surface area contributed by atoms with Gasteiger partial charge in [0.2, 0.25) is 0 Å². The van der Waals surface area contributed by atoms with E-state index in [0.29, 0.717) is 5.78 Å². The van der Waals surface area contributed by atoms with Gasteiger partial charge in [0, 0.05) is 11.8 Å². The molecular formula is C16H18O. The Labute approximate surface area is 102 Å². The van der Waals surface area contributed by atoms with Crippen LogP contribution in [0.1, 0.15) is 32.3 Å². The fraction of sp³-hybridized carbons (Fsp3) is 0.312. The highest BCUT2D eigenvalue weighted by atomic mass is 16.1. The molecule has 0 aliphatic rings. The summed E-state index contributed by atoms with van der Waals surface area (Å²) in [6.45, 7) is 5.91. The summed E-state index contributed by atoms with van der Waals surface area (Å²) in [5, 5.41) is 2.42. The van der Waals surface area contributed by atoms with Crippen molar-refractivity contribution in [2.45, 2.75) is 26.7 Å². The summed E-state index contributed by atoms with van der Waals surface area (Å²) in [5.74, 6) is 0.386. The second kappa shape index (κ2) is 4.70. The highest BCUT2D eigenvalue weighted by Gasteiger charge is 2.18. The van der Waals surface area contributed by atoms with Gasteiger partial charge in [-0.2, -0.15) is 0 Å². The lowest BCUT2D eigenvalue weighted by Gasteiger charge is -2.14. The van der Waals surface area contributed by atoms with Crippen LogP contribution in [0.2, 0.25) is 0 Å². The van der Waals surface area contributed by atoms with Crippen LogP contribution in [0.4, 0.5) is 0 Å². The molecule has 1 nitrogen and oxygen atoms in total. The number of ketones is 1. The van der Waals surface area contributed by atoms with Gasteiger partial charge < -0.3 is 0 Å². The van der Waals surface area contributed by atoms with Crippen molar-refractivity contribution in [1.29, 1.82) is 0 Å². The highest BCUT2D eigenvalue weighted by Crippen LogP contribution is 2.24. The van der Waals surface area contributed by atoms with E-state index in [2.05, 4.69) is 30.3 Å². The molecule has 0 saturated heterocycles. The predicted molar refractivity (Wildman–Crippen MR) is 72.2 cm³/mol. The molecular weight excluding hydrogens is 208 g/mol. The van der Waals surface area contributed by atoms with Crippen LogP contribution in [0.3, 0.4) is 0 Å². The second-order valence-corrected chi connectivity index (χ2v) is 4.89. The van der Waals surface area contributed by atoms with Gasteiger partial charge in [-0.1, -0.05) is 63.2 Å². The molecule has 0 saturated carbocycles. The van der Waals surface area contributed by atoms with Crippen LogP contribution in [0, 0.1) is 5.92 Å². The maximum absolute atomic E-state index is 12.0. The quantitative estimate of drug-likeness (QED) is 0.767. The fourth-order valence-corrected chi connectivity index (χ4v) is 2.14. The Hall–Kier alpha value is -1.63. The molecule has 0 heterocycles. The molecule has 1 unspecified atom stereocenters. The Morgan fingerprint density at radius 3 is 2.24 bits per heavy atom. The Kier molecular flexibility index (Phi) is 3.28. The van der Waals surface area contributed by atoms with Gasteiger partial charge in [-0.25, -0.2) is 0 Å². The van der Waals surface area contributed by atoms with E-state index in [1.165, 1.54) is 10.8 Å². The van der Waals surface area contributed by atoms with Crippen molar-refractivity contribution in [1.82, 2.24) is 0 Å². The SMILES string of the molecule is CC(C)C(=O)C(C)c1ccc2ccccc2c1. The Morgan fingerprint density at radius 2 is 1.59 bits per heavy atom. The zero-order chi connectivity index (χ0) is 12.4. The Balaban J connectivity index is 2.39. The predicted octanol–water partition coefficient (Wildman–Crippen LogP) is 4.17. The van der Waals surface area contributed by atoms with E-state index in [0.717, 1.165) is 5.56 Å². The second-order valence-electron chi connectivity index (χ2n) is 4.89. The van der Waals surface area contributed by atoms with E-state index < -0.39 is 0 Å². The number of hydrogen-bond donors (Lipinski definition) is 0. The summed E-state index contributed by atoms with van der Waals surface area (Å²) >= 11 is 0. The highest BCUT2D eigenvalue weighted by molar-refractivity contribution is 5.89. The van der Waals surface area contributed by atoms with Gasteiger partial charge in [0.25, 0.3) is 0 Å². The normalized spacial score (nSPS) is 12.9. The third-order valence-corrected chi connectivity index (χ3v) is 3.27. The summed E-state index contributed by atoms with van der Waals surface area (Å²) in [5.41, 5.74) is 1.11. The lowest BCUT2D eigenvalue weighted by atomic mass is 9.89. The smallest absolute Gasteiger partial charge is 0.142 e. The van der Waals surface area contributed by atoms with Crippen LogP contribution in [-0.4, -0.2) is 5.78 Å². The van der Waals surface area contributed by atoms with Gasteiger partial charge in [-0.05, 0) is 16.3 Å². The largest absolute Gasteiger partial charge is 0.299 e. The number of carbonyl (C=O) groups excluding carboxylic acids is 1. The first-order valence-corrected chi connectivity index (χ1v) is 6.12. The summed E-state index contributed by atoms with van der Waals surface area (Å²) in [6, 6.07) is 14.5. The van der Waals surface area contributed by atoms with Crippen molar-refractivity contribution < 1.29 is 4.79 Å². The van der Waals surface area contributed by atoms with E-state index in [-0.39, 0.29) is 11.8 Å². The summed E-state index contributed by atoms with van der Waals surface area (Å²) in [7, 11) is 0. The molecule has 1 atom stereocenters. The topological polar surface area (TPSA) is 17.1 Å². The van der Waals surface area contributed by atoms with Crippen LogP contribution in [0.15, 0.2) is 42.5 Å². The molecule has 1 heteroatoms. The van der Waals surface area contributed by atoms with E-state index >= 15 is 0 Å². The van der Waals surface area contributed by atoms with Crippen molar-refractivity contribution in [2.75, 3.05) is 0 Å². The van der Waals surface area contributed by atoms with Gasteiger partial charge in [-0.15, -0.1) is 0 Å². The number of carbonyl (C=O) groups is 1. The van der Waals surface area contributed by atoms with E-state index in [9.17, 15) is 4.79 Å². The summed E-state index contributed by atoms with van der Waals surface area (Å²) < 4.78 is 0. The maximum atomic E-state index is 12.0. The Bertz CT molecular complexity index is 540. The minimum absolute atomic E-state index is 0.0143. The zero-order valence-electron chi connectivity index (χ0n) is 10.6. The zero-order valence-corrected chi connectivity index (χ0v) is 10.6. The third kappa shape index (κ3) is 2.38. The molecule has 0 amide bonds. The maximum Gasteiger partial charge on any atom is 0.142 e. The molecule has 2 aromatic carbocycles. The van der Waals surface area contributed by atoms with Crippen LogP contribution >= 0.6 is 0 Å². The van der Waals surface area contributed by atoms with Crippen molar-refractivity contribution in [3.63, 3.8) is 0 Å². The molecule has 0 N–H and O–H groups in total. The molecule has 2 aromatic rings. The average Bonchev–Trinajstić information content (AvgIpc) is 2.36. The first-order valence-electron chi connectivity index (χ1n) is 6.12. The van der Waals surface area contributed by atoms with E-state index in [1.54, 1.807) is 0 Å². The summed E-state index contributed by atoms with van der Waals surface area (Å²) in [6.07, 6.45) is 0. The number of hydrogen-bond acceptors (Lipinski definition) is 1. The number of rotatable bonds is 3. The lowest BCUT2D eigenvalue weighted by molar-refractivity contribution is -0.123.